The van der Waals surface area contributed by atoms with E-state index < -0.39 is 0 Å². The maximum Gasteiger partial charge on any atom is 0.233 e. The van der Waals surface area contributed by atoms with Gasteiger partial charge in [-0.2, -0.15) is 0 Å². The first kappa shape index (κ1) is 17.4. The van der Waals surface area contributed by atoms with E-state index in [1.165, 1.54) is 34.9 Å². The van der Waals surface area contributed by atoms with Gasteiger partial charge in [0.1, 0.15) is 5.82 Å². The van der Waals surface area contributed by atoms with E-state index in [1.807, 2.05) is 15.9 Å². The number of rotatable bonds is 4. The summed E-state index contributed by atoms with van der Waals surface area (Å²) in [6.07, 6.45) is 3.59. The van der Waals surface area contributed by atoms with E-state index in [1.54, 1.807) is 23.9 Å². The molecule has 1 aliphatic heterocycles. The molecule has 0 atom stereocenters. The Morgan fingerprint density at radius 1 is 1.00 bits per heavy atom. The third kappa shape index (κ3) is 3.73. The maximum atomic E-state index is 13.9. The number of halogens is 1. The lowest BCUT2D eigenvalue weighted by Crippen LogP contribution is -2.49. The predicted molar refractivity (Wildman–Crippen MR) is 104 cm³/mol. The van der Waals surface area contributed by atoms with Gasteiger partial charge in [0, 0.05) is 31.1 Å². The van der Waals surface area contributed by atoms with E-state index in [9.17, 15) is 9.18 Å². The number of hydrogen-bond acceptors (Lipinski definition) is 3. The third-order valence-electron chi connectivity index (χ3n) is 5.26. The van der Waals surface area contributed by atoms with Gasteiger partial charge in [-0.15, -0.1) is 11.8 Å². The lowest BCUT2D eigenvalue weighted by molar-refractivity contribution is -0.128. The molecule has 1 fully saturated rings. The van der Waals surface area contributed by atoms with Crippen LogP contribution in [-0.4, -0.2) is 42.7 Å². The van der Waals surface area contributed by atoms with Crippen LogP contribution >= 0.6 is 11.8 Å². The van der Waals surface area contributed by atoms with E-state index in [-0.39, 0.29) is 11.7 Å². The van der Waals surface area contributed by atoms with Gasteiger partial charge < -0.3 is 9.80 Å². The fourth-order valence-corrected chi connectivity index (χ4v) is 4.64. The van der Waals surface area contributed by atoms with Gasteiger partial charge in [0.2, 0.25) is 5.91 Å². The van der Waals surface area contributed by atoms with E-state index >= 15 is 0 Å². The van der Waals surface area contributed by atoms with Crippen LogP contribution in [-0.2, 0) is 17.6 Å². The lowest BCUT2D eigenvalue weighted by atomic mass is 10.1. The van der Waals surface area contributed by atoms with Gasteiger partial charge in [0.15, 0.2) is 0 Å². The molecular weight excluding hydrogens is 347 g/mol. The molecule has 3 nitrogen and oxygen atoms in total. The molecule has 0 spiro atoms. The minimum atomic E-state index is -0.195. The molecule has 1 amide bonds. The molecule has 0 unspecified atom stereocenters. The Labute approximate surface area is 158 Å². The van der Waals surface area contributed by atoms with E-state index in [0.29, 0.717) is 37.6 Å². The van der Waals surface area contributed by atoms with Crippen molar-refractivity contribution in [3.63, 3.8) is 0 Å². The van der Waals surface area contributed by atoms with Crippen molar-refractivity contribution in [1.29, 1.82) is 0 Å². The number of para-hydroxylation sites is 1. The molecule has 2 aliphatic rings. The van der Waals surface area contributed by atoms with Gasteiger partial charge in [-0.05, 0) is 54.7 Å². The van der Waals surface area contributed by atoms with Crippen LogP contribution in [0, 0.1) is 5.82 Å². The van der Waals surface area contributed by atoms with Crippen molar-refractivity contribution >= 4 is 23.4 Å². The van der Waals surface area contributed by atoms with Crippen LogP contribution in [0.25, 0.3) is 0 Å². The molecule has 1 saturated heterocycles. The highest BCUT2D eigenvalue weighted by molar-refractivity contribution is 8.00. The van der Waals surface area contributed by atoms with Gasteiger partial charge >= 0.3 is 0 Å². The summed E-state index contributed by atoms with van der Waals surface area (Å²) in [6.45, 7) is 2.65. The molecule has 0 saturated carbocycles. The van der Waals surface area contributed by atoms with Gasteiger partial charge in [-0.3, -0.25) is 4.79 Å². The molecule has 4 rings (SSSR count). The Kier molecular flexibility index (Phi) is 5.16. The van der Waals surface area contributed by atoms with E-state index in [4.69, 9.17) is 0 Å². The van der Waals surface area contributed by atoms with Crippen LogP contribution in [0.15, 0.2) is 47.4 Å². The Morgan fingerprint density at radius 2 is 1.77 bits per heavy atom. The highest BCUT2D eigenvalue weighted by Gasteiger charge is 2.22. The largest absolute Gasteiger partial charge is 0.366 e. The molecular formula is C21H23FN2OS. The smallest absolute Gasteiger partial charge is 0.233 e. The number of carbonyl (C=O) groups is 1. The number of carbonyl (C=O) groups excluding carboxylic acids is 1. The van der Waals surface area contributed by atoms with Gasteiger partial charge in [0.05, 0.1) is 11.4 Å². The molecule has 26 heavy (non-hydrogen) atoms. The first-order valence-electron chi connectivity index (χ1n) is 9.22. The van der Waals surface area contributed by atoms with E-state index in [0.717, 1.165) is 6.42 Å². The second-order valence-corrected chi connectivity index (χ2v) is 7.94. The minimum absolute atomic E-state index is 0.170. The van der Waals surface area contributed by atoms with Crippen molar-refractivity contribution in [1.82, 2.24) is 4.90 Å². The van der Waals surface area contributed by atoms with Crippen molar-refractivity contribution in [3.8, 4) is 0 Å². The van der Waals surface area contributed by atoms with Crippen LogP contribution in [0.3, 0.4) is 0 Å². The van der Waals surface area contributed by atoms with Gasteiger partial charge in [-0.25, -0.2) is 4.39 Å². The highest BCUT2D eigenvalue weighted by Crippen LogP contribution is 2.28. The molecule has 2 aromatic rings. The molecule has 1 heterocycles. The summed E-state index contributed by atoms with van der Waals surface area (Å²) in [7, 11) is 0. The average molecular weight is 370 g/mol. The number of benzene rings is 2. The van der Waals surface area contributed by atoms with Crippen molar-refractivity contribution in [3.05, 3.63) is 59.4 Å². The second kappa shape index (κ2) is 7.70. The fourth-order valence-electron chi connectivity index (χ4n) is 3.78. The topological polar surface area (TPSA) is 23.6 Å². The molecule has 1 aliphatic carbocycles. The van der Waals surface area contributed by atoms with Crippen molar-refractivity contribution < 1.29 is 9.18 Å². The molecule has 0 bridgehead atoms. The summed E-state index contributed by atoms with van der Waals surface area (Å²) in [6, 6.07) is 13.4. The first-order valence-corrected chi connectivity index (χ1v) is 10.2. The Bertz CT molecular complexity index is 802. The zero-order chi connectivity index (χ0) is 17.9. The number of amides is 1. The van der Waals surface area contributed by atoms with Crippen LogP contribution in [0.5, 0.6) is 0 Å². The Morgan fingerprint density at radius 3 is 2.58 bits per heavy atom. The van der Waals surface area contributed by atoms with Crippen LogP contribution < -0.4 is 4.90 Å². The predicted octanol–water partition coefficient (Wildman–Crippen LogP) is 3.76. The molecule has 0 radical (unpaired) electrons. The maximum absolute atomic E-state index is 13.9. The number of thioether (sulfide) groups is 1. The summed E-state index contributed by atoms with van der Waals surface area (Å²) in [5, 5.41) is 0. The van der Waals surface area contributed by atoms with Gasteiger partial charge in [0.25, 0.3) is 0 Å². The summed E-state index contributed by atoms with van der Waals surface area (Å²) >= 11 is 1.62. The number of nitrogens with zero attached hydrogens (tertiary/aromatic N) is 2. The molecule has 0 N–H and O–H groups in total. The standard InChI is InChI=1S/C21H23FN2OS/c22-19-6-1-2-7-20(19)23-10-12-24(13-11-23)21(25)15-26-18-9-8-16-4-3-5-17(16)14-18/h1-2,6-9,14H,3-5,10-13,15H2. The average Bonchev–Trinajstić information content (AvgIpc) is 3.14. The monoisotopic (exact) mass is 370 g/mol. The van der Waals surface area contributed by atoms with Crippen LogP contribution in [0.4, 0.5) is 10.1 Å². The highest BCUT2D eigenvalue weighted by atomic mass is 32.2. The summed E-state index contributed by atoms with van der Waals surface area (Å²) in [4.78, 5) is 17.6. The van der Waals surface area contributed by atoms with Crippen molar-refractivity contribution in [2.45, 2.75) is 24.2 Å². The lowest BCUT2D eigenvalue weighted by Gasteiger charge is -2.36. The summed E-state index contributed by atoms with van der Waals surface area (Å²) in [5.74, 6) is 0.446. The quantitative estimate of drug-likeness (QED) is 0.766. The third-order valence-corrected chi connectivity index (χ3v) is 6.24. The van der Waals surface area contributed by atoms with Crippen molar-refractivity contribution in [2.24, 2.45) is 0 Å². The number of anilines is 1. The fraction of sp³-hybridized carbons (Fsp3) is 0.381. The number of piperazine rings is 1. The normalized spacial score (nSPS) is 16.7. The van der Waals surface area contributed by atoms with Crippen molar-refractivity contribution in [2.75, 3.05) is 36.8 Å². The Balaban J connectivity index is 1.29. The summed E-state index contributed by atoms with van der Waals surface area (Å²) < 4.78 is 13.9. The van der Waals surface area contributed by atoms with E-state index in [2.05, 4.69) is 18.2 Å². The summed E-state index contributed by atoms with van der Waals surface area (Å²) in [5.41, 5.74) is 3.54. The minimum Gasteiger partial charge on any atom is -0.366 e. The molecule has 5 heteroatoms. The Hall–Kier alpha value is -2.01. The zero-order valence-corrected chi connectivity index (χ0v) is 15.6. The number of fused-ring (bicyclic) bond motifs is 1. The van der Waals surface area contributed by atoms with Gasteiger partial charge in [-0.1, -0.05) is 18.2 Å². The zero-order valence-electron chi connectivity index (χ0n) is 14.8. The number of aryl methyl sites for hydroxylation is 2. The first-order chi connectivity index (χ1) is 12.7. The SMILES string of the molecule is O=C(CSc1ccc2c(c1)CCC2)N1CCN(c2ccccc2F)CC1. The molecule has 0 aromatic heterocycles. The van der Waals surface area contributed by atoms with Crippen LogP contribution in [0.2, 0.25) is 0 Å². The second-order valence-electron chi connectivity index (χ2n) is 6.89. The molecule has 136 valence electrons. The number of hydrogen-bond donors (Lipinski definition) is 0. The van der Waals surface area contributed by atoms with Crippen LogP contribution in [0.1, 0.15) is 17.5 Å². The molecule has 2 aromatic carbocycles.